The van der Waals surface area contributed by atoms with Crippen LogP contribution in [-0.2, 0) is 14.3 Å². The highest BCUT2D eigenvalue weighted by atomic mass is 16.5. The van der Waals surface area contributed by atoms with E-state index < -0.39 is 6.04 Å². The molecule has 0 aromatic heterocycles. The number of unbranched alkanes of at least 4 members (excludes halogenated alkanes) is 3. The van der Waals surface area contributed by atoms with Gasteiger partial charge in [-0.05, 0) is 33.2 Å². The lowest BCUT2D eigenvalue weighted by Gasteiger charge is -2.12. The van der Waals surface area contributed by atoms with Crippen molar-refractivity contribution in [1.82, 2.24) is 5.32 Å². The molecule has 5 heteroatoms. The first-order chi connectivity index (χ1) is 8.11. The van der Waals surface area contributed by atoms with Gasteiger partial charge in [-0.15, -0.1) is 0 Å². The number of ether oxygens (including phenoxy) is 1. The average molecular weight is 244 g/mol. The number of esters is 1. The Morgan fingerprint density at radius 3 is 2.47 bits per heavy atom. The molecule has 0 saturated heterocycles. The maximum atomic E-state index is 11.5. The molecule has 0 rings (SSSR count). The van der Waals surface area contributed by atoms with E-state index in [9.17, 15) is 9.59 Å². The Balaban J connectivity index is 3.60. The average Bonchev–Trinajstić information content (AvgIpc) is 2.29. The van der Waals surface area contributed by atoms with Crippen molar-refractivity contribution in [3.8, 4) is 0 Å². The Labute approximate surface area is 103 Å². The molecule has 0 radical (unpaired) electrons. The number of hydrogen-bond donors (Lipinski definition) is 2. The van der Waals surface area contributed by atoms with Crippen molar-refractivity contribution in [2.45, 2.75) is 52.0 Å². The van der Waals surface area contributed by atoms with Gasteiger partial charge in [0.15, 0.2) is 0 Å². The van der Waals surface area contributed by atoms with Crippen molar-refractivity contribution in [3.63, 3.8) is 0 Å². The summed E-state index contributed by atoms with van der Waals surface area (Å²) >= 11 is 0. The molecule has 100 valence electrons. The van der Waals surface area contributed by atoms with E-state index in [1.165, 1.54) is 0 Å². The van der Waals surface area contributed by atoms with Crippen LogP contribution in [0, 0.1) is 0 Å². The smallest absolute Gasteiger partial charge is 0.328 e. The zero-order valence-electron chi connectivity index (χ0n) is 10.8. The third-order valence-corrected chi connectivity index (χ3v) is 2.38. The molecule has 1 amide bonds. The predicted molar refractivity (Wildman–Crippen MR) is 66.4 cm³/mol. The van der Waals surface area contributed by atoms with Crippen LogP contribution in [0.2, 0.25) is 0 Å². The summed E-state index contributed by atoms with van der Waals surface area (Å²) in [7, 11) is 0. The fourth-order valence-electron chi connectivity index (χ4n) is 1.42. The summed E-state index contributed by atoms with van der Waals surface area (Å²) in [5.41, 5.74) is 5.37. The monoisotopic (exact) mass is 244 g/mol. The molecule has 0 aliphatic carbocycles. The summed E-state index contributed by atoms with van der Waals surface area (Å²) in [5.74, 6) is -0.484. The van der Waals surface area contributed by atoms with E-state index in [1.807, 2.05) is 0 Å². The fourth-order valence-corrected chi connectivity index (χ4v) is 1.42. The SMILES string of the molecule is CCOC(=O)C(C)NC(=O)CCCCCCN. The fraction of sp³-hybridized carbons (Fsp3) is 0.833. The van der Waals surface area contributed by atoms with Gasteiger partial charge in [0.1, 0.15) is 6.04 Å². The highest BCUT2D eigenvalue weighted by molar-refractivity contribution is 5.84. The van der Waals surface area contributed by atoms with Gasteiger partial charge in [0.25, 0.3) is 0 Å². The van der Waals surface area contributed by atoms with E-state index in [1.54, 1.807) is 13.8 Å². The number of nitrogens with one attached hydrogen (secondary N) is 1. The molecular formula is C12H24N2O3. The topological polar surface area (TPSA) is 81.4 Å². The van der Waals surface area contributed by atoms with E-state index in [4.69, 9.17) is 10.5 Å². The van der Waals surface area contributed by atoms with Gasteiger partial charge < -0.3 is 15.8 Å². The van der Waals surface area contributed by atoms with Crippen LogP contribution in [0.3, 0.4) is 0 Å². The lowest BCUT2D eigenvalue weighted by atomic mass is 10.1. The van der Waals surface area contributed by atoms with Crippen LogP contribution in [0.25, 0.3) is 0 Å². The first-order valence-electron chi connectivity index (χ1n) is 6.27. The molecular weight excluding hydrogens is 220 g/mol. The van der Waals surface area contributed by atoms with E-state index in [-0.39, 0.29) is 11.9 Å². The van der Waals surface area contributed by atoms with Gasteiger partial charge in [-0.1, -0.05) is 12.8 Å². The van der Waals surface area contributed by atoms with Crippen LogP contribution < -0.4 is 11.1 Å². The molecule has 1 atom stereocenters. The summed E-state index contributed by atoms with van der Waals surface area (Å²) in [4.78, 5) is 22.7. The Bertz CT molecular complexity index is 232. The molecule has 17 heavy (non-hydrogen) atoms. The molecule has 3 N–H and O–H groups in total. The molecule has 0 aliphatic rings. The zero-order valence-corrected chi connectivity index (χ0v) is 10.8. The zero-order chi connectivity index (χ0) is 13.1. The molecule has 0 aromatic carbocycles. The number of carbonyl (C=O) groups is 2. The lowest BCUT2D eigenvalue weighted by Crippen LogP contribution is -2.39. The molecule has 0 fully saturated rings. The van der Waals surface area contributed by atoms with Crippen LogP contribution in [-0.4, -0.2) is 31.1 Å². The van der Waals surface area contributed by atoms with Gasteiger partial charge in [-0.3, -0.25) is 4.79 Å². The molecule has 0 heterocycles. The molecule has 0 aliphatic heterocycles. The summed E-state index contributed by atoms with van der Waals surface area (Å²) in [6.45, 7) is 4.40. The van der Waals surface area contributed by atoms with Gasteiger partial charge in [0.05, 0.1) is 6.61 Å². The van der Waals surface area contributed by atoms with Crippen molar-refractivity contribution >= 4 is 11.9 Å². The normalized spacial score (nSPS) is 11.9. The van der Waals surface area contributed by atoms with Crippen LogP contribution in [0.15, 0.2) is 0 Å². The van der Waals surface area contributed by atoms with E-state index in [0.717, 1.165) is 25.7 Å². The van der Waals surface area contributed by atoms with E-state index in [0.29, 0.717) is 19.6 Å². The number of amides is 1. The largest absolute Gasteiger partial charge is 0.464 e. The maximum Gasteiger partial charge on any atom is 0.328 e. The molecule has 0 spiro atoms. The van der Waals surface area contributed by atoms with Gasteiger partial charge in [-0.25, -0.2) is 4.79 Å². The van der Waals surface area contributed by atoms with E-state index in [2.05, 4.69) is 5.32 Å². The first-order valence-corrected chi connectivity index (χ1v) is 6.27. The summed E-state index contributed by atoms with van der Waals surface area (Å²) in [6, 6.07) is -0.563. The second-order valence-corrected chi connectivity index (χ2v) is 3.99. The molecule has 0 aromatic rings. The minimum Gasteiger partial charge on any atom is -0.464 e. The Morgan fingerprint density at radius 1 is 1.24 bits per heavy atom. The molecule has 0 bridgehead atoms. The van der Waals surface area contributed by atoms with Crippen LogP contribution in [0.1, 0.15) is 46.0 Å². The summed E-state index contributed by atoms with van der Waals surface area (Å²) in [6.07, 6.45) is 4.34. The third kappa shape index (κ3) is 8.68. The Hall–Kier alpha value is -1.10. The molecule has 1 unspecified atom stereocenters. The van der Waals surface area contributed by atoms with Gasteiger partial charge in [0.2, 0.25) is 5.91 Å². The van der Waals surface area contributed by atoms with Crippen molar-refractivity contribution < 1.29 is 14.3 Å². The van der Waals surface area contributed by atoms with Gasteiger partial charge in [0, 0.05) is 6.42 Å². The highest BCUT2D eigenvalue weighted by Crippen LogP contribution is 2.02. The van der Waals surface area contributed by atoms with Crippen LogP contribution >= 0.6 is 0 Å². The van der Waals surface area contributed by atoms with Gasteiger partial charge in [-0.2, -0.15) is 0 Å². The Kier molecular flexibility index (Phi) is 9.43. The lowest BCUT2D eigenvalue weighted by molar-refractivity contribution is -0.146. The van der Waals surface area contributed by atoms with E-state index >= 15 is 0 Å². The molecule has 0 saturated carbocycles. The second-order valence-electron chi connectivity index (χ2n) is 3.99. The summed E-state index contributed by atoms with van der Waals surface area (Å²) < 4.78 is 4.79. The number of hydrogen-bond acceptors (Lipinski definition) is 4. The minimum absolute atomic E-state index is 0.0988. The van der Waals surface area contributed by atoms with Crippen molar-refractivity contribution in [1.29, 1.82) is 0 Å². The quantitative estimate of drug-likeness (QED) is 0.467. The predicted octanol–water partition coefficient (Wildman–Crippen LogP) is 0.963. The van der Waals surface area contributed by atoms with Crippen molar-refractivity contribution in [2.24, 2.45) is 5.73 Å². The van der Waals surface area contributed by atoms with Gasteiger partial charge >= 0.3 is 5.97 Å². The molecule has 5 nitrogen and oxygen atoms in total. The first kappa shape index (κ1) is 15.9. The number of nitrogens with two attached hydrogens (primary N) is 1. The highest BCUT2D eigenvalue weighted by Gasteiger charge is 2.15. The third-order valence-electron chi connectivity index (χ3n) is 2.38. The Morgan fingerprint density at radius 2 is 1.88 bits per heavy atom. The summed E-state index contributed by atoms with van der Waals surface area (Å²) in [5, 5.41) is 2.62. The van der Waals surface area contributed by atoms with Crippen molar-refractivity contribution in [3.05, 3.63) is 0 Å². The minimum atomic E-state index is -0.563. The van der Waals surface area contributed by atoms with Crippen LogP contribution in [0.5, 0.6) is 0 Å². The van der Waals surface area contributed by atoms with Crippen LogP contribution in [0.4, 0.5) is 0 Å². The second kappa shape index (κ2) is 10.1. The maximum absolute atomic E-state index is 11.5. The number of carbonyl (C=O) groups excluding carboxylic acids is 2. The number of rotatable bonds is 9. The van der Waals surface area contributed by atoms with Crippen molar-refractivity contribution in [2.75, 3.05) is 13.2 Å². The standard InChI is InChI=1S/C12H24N2O3/c1-3-17-12(16)10(2)14-11(15)8-6-4-5-7-9-13/h10H,3-9,13H2,1-2H3,(H,14,15).